The van der Waals surface area contributed by atoms with E-state index in [1.54, 1.807) is 4.88 Å². The average molecular weight is 196 g/mol. The molecule has 1 aliphatic rings. The molecule has 3 heteroatoms. The second-order valence-electron chi connectivity index (χ2n) is 3.58. The molecule has 0 fully saturated rings. The Hall–Kier alpha value is -0.410. The van der Waals surface area contributed by atoms with Crippen LogP contribution < -0.4 is 5.73 Å². The summed E-state index contributed by atoms with van der Waals surface area (Å²) in [7, 11) is 0. The lowest BCUT2D eigenvalue weighted by molar-refractivity contribution is 0.738. The summed E-state index contributed by atoms with van der Waals surface area (Å²) in [4.78, 5) is 6.18. The first-order valence-corrected chi connectivity index (χ1v) is 5.89. The first kappa shape index (κ1) is 9.16. The van der Waals surface area contributed by atoms with Crippen LogP contribution in [0.5, 0.6) is 0 Å². The number of hydrogen-bond acceptors (Lipinski definition) is 3. The SMILES string of the molecule is NCCCCc1nc2c(s1)CCC2. The fraction of sp³-hybridized carbons (Fsp3) is 0.700. The van der Waals surface area contributed by atoms with Gasteiger partial charge < -0.3 is 5.73 Å². The summed E-state index contributed by atoms with van der Waals surface area (Å²) in [5.41, 5.74) is 6.83. The summed E-state index contributed by atoms with van der Waals surface area (Å²) in [5.74, 6) is 0. The second kappa shape index (κ2) is 4.20. The second-order valence-corrected chi connectivity index (χ2v) is 4.74. The Labute approximate surface area is 83.2 Å². The fourth-order valence-electron chi connectivity index (χ4n) is 1.77. The van der Waals surface area contributed by atoms with Gasteiger partial charge in [0.2, 0.25) is 0 Å². The Morgan fingerprint density at radius 1 is 1.31 bits per heavy atom. The molecule has 2 rings (SSSR count). The maximum Gasteiger partial charge on any atom is 0.0931 e. The third kappa shape index (κ3) is 2.09. The lowest BCUT2D eigenvalue weighted by Gasteiger charge is -1.94. The molecule has 2 nitrogen and oxygen atoms in total. The maximum atomic E-state index is 5.45. The Morgan fingerprint density at radius 2 is 2.23 bits per heavy atom. The molecule has 1 aromatic heterocycles. The van der Waals surface area contributed by atoms with Gasteiger partial charge in [0.25, 0.3) is 0 Å². The average Bonchev–Trinajstić information content (AvgIpc) is 2.64. The van der Waals surface area contributed by atoms with Crippen LogP contribution in [0.1, 0.15) is 34.8 Å². The maximum absolute atomic E-state index is 5.45. The van der Waals surface area contributed by atoms with E-state index in [4.69, 9.17) is 5.73 Å². The van der Waals surface area contributed by atoms with Crippen LogP contribution >= 0.6 is 11.3 Å². The molecule has 0 amide bonds. The smallest absolute Gasteiger partial charge is 0.0931 e. The molecule has 1 aromatic rings. The Balaban J connectivity index is 1.91. The van der Waals surface area contributed by atoms with Gasteiger partial charge in [-0.05, 0) is 45.1 Å². The van der Waals surface area contributed by atoms with E-state index < -0.39 is 0 Å². The number of aromatic nitrogens is 1. The number of thiazole rings is 1. The molecule has 0 radical (unpaired) electrons. The van der Waals surface area contributed by atoms with Gasteiger partial charge in [-0.15, -0.1) is 11.3 Å². The summed E-state index contributed by atoms with van der Waals surface area (Å²) in [6, 6.07) is 0. The van der Waals surface area contributed by atoms with Gasteiger partial charge in [0, 0.05) is 4.88 Å². The molecule has 0 saturated carbocycles. The van der Waals surface area contributed by atoms with E-state index in [1.807, 2.05) is 11.3 Å². The highest BCUT2D eigenvalue weighted by Gasteiger charge is 2.15. The number of rotatable bonds is 4. The standard InChI is InChI=1S/C10H16N2S/c11-7-2-1-6-10-12-8-4-3-5-9(8)13-10/h1-7,11H2. The van der Waals surface area contributed by atoms with Crippen molar-refractivity contribution in [2.75, 3.05) is 6.54 Å². The van der Waals surface area contributed by atoms with E-state index in [2.05, 4.69) is 4.98 Å². The van der Waals surface area contributed by atoms with Crippen molar-refractivity contribution < 1.29 is 0 Å². The summed E-state index contributed by atoms with van der Waals surface area (Å²) in [5, 5.41) is 1.33. The van der Waals surface area contributed by atoms with Crippen molar-refractivity contribution in [3.63, 3.8) is 0 Å². The van der Waals surface area contributed by atoms with Gasteiger partial charge in [0.15, 0.2) is 0 Å². The molecular formula is C10H16N2S. The topological polar surface area (TPSA) is 38.9 Å². The first-order chi connectivity index (χ1) is 6.40. The normalized spacial score (nSPS) is 14.8. The van der Waals surface area contributed by atoms with Gasteiger partial charge in [0.05, 0.1) is 10.7 Å². The Bertz CT molecular complexity index is 259. The van der Waals surface area contributed by atoms with Crippen LogP contribution in [-0.2, 0) is 19.3 Å². The Morgan fingerprint density at radius 3 is 3.00 bits per heavy atom. The van der Waals surface area contributed by atoms with E-state index in [9.17, 15) is 0 Å². The molecule has 0 aromatic carbocycles. The largest absolute Gasteiger partial charge is 0.330 e. The van der Waals surface area contributed by atoms with Crippen LogP contribution in [0.25, 0.3) is 0 Å². The number of nitrogens with zero attached hydrogens (tertiary/aromatic N) is 1. The third-order valence-electron chi connectivity index (χ3n) is 2.48. The predicted molar refractivity (Wildman–Crippen MR) is 56.1 cm³/mol. The lowest BCUT2D eigenvalue weighted by atomic mass is 10.2. The number of aryl methyl sites for hydroxylation is 3. The summed E-state index contributed by atoms with van der Waals surface area (Å²) in [6.07, 6.45) is 7.26. The van der Waals surface area contributed by atoms with Gasteiger partial charge in [0.1, 0.15) is 0 Å². The number of unbranched alkanes of at least 4 members (excludes halogenated alkanes) is 1. The van der Waals surface area contributed by atoms with E-state index >= 15 is 0 Å². The van der Waals surface area contributed by atoms with Gasteiger partial charge in [-0.1, -0.05) is 0 Å². The minimum Gasteiger partial charge on any atom is -0.330 e. The lowest BCUT2D eigenvalue weighted by Crippen LogP contribution is -1.98. The molecular weight excluding hydrogens is 180 g/mol. The molecule has 0 aliphatic heterocycles. The highest BCUT2D eigenvalue weighted by Crippen LogP contribution is 2.28. The molecule has 1 aliphatic carbocycles. The molecule has 0 atom stereocenters. The van der Waals surface area contributed by atoms with Crippen LogP contribution in [0.3, 0.4) is 0 Å². The molecule has 2 N–H and O–H groups in total. The first-order valence-electron chi connectivity index (χ1n) is 5.07. The van der Waals surface area contributed by atoms with Crippen molar-refractivity contribution >= 4 is 11.3 Å². The highest BCUT2D eigenvalue weighted by atomic mass is 32.1. The zero-order valence-corrected chi connectivity index (χ0v) is 8.70. The molecule has 1 heterocycles. The van der Waals surface area contributed by atoms with Crippen molar-refractivity contribution in [1.29, 1.82) is 0 Å². The van der Waals surface area contributed by atoms with E-state index in [0.717, 1.165) is 19.4 Å². The summed E-state index contributed by atoms with van der Waals surface area (Å²) >= 11 is 1.92. The van der Waals surface area contributed by atoms with Crippen LogP contribution in [0.15, 0.2) is 0 Å². The monoisotopic (exact) mass is 196 g/mol. The molecule has 0 unspecified atom stereocenters. The van der Waals surface area contributed by atoms with Crippen molar-refractivity contribution in [1.82, 2.24) is 4.98 Å². The van der Waals surface area contributed by atoms with E-state index in [0.29, 0.717) is 0 Å². The predicted octanol–water partition coefficient (Wildman–Crippen LogP) is 1.91. The van der Waals surface area contributed by atoms with Crippen molar-refractivity contribution in [2.45, 2.75) is 38.5 Å². The summed E-state index contributed by atoms with van der Waals surface area (Å²) in [6.45, 7) is 0.811. The van der Waals surface area contributed by atoms with Crippen LogP contribution in [0.4, 0.5) is 0 Å². The van der Waals surface area contributed by atoms with Crippen LogP contribution in [-0.4, -0.2) is 11.5 Å². The highest BCUT2D eigenvalue weighted by molar-refractivity contribution is 7.11. The number of nitrogens with two attached hydrogens (primary N) is 1. The molecule has 72 valence electrons. The molecule has 0 saturated heterocycles. The third-order valence-corrected chi connectivity index (χ3v) is 3.70. The number of fused-ring (bicyclic) bond motifs is 1. The zero-order chi connectivity index (χ0) is 9.10. The van der Waals surface area contributed by atoms with Gasteiger partial charge in [-0.25, -0.2) is 4.98 Å². The van der Waals surface area contributed by atoms with Crippen molar-refractivity contribution in [2.24, 2.45) is 5.73 Å². The van der Waals surface area contributed by atoms with Gasteiger partial charge >= 0.3 is 0 Å². The molecule has 13 heavy (non-hydrogen) atoms. The van der Waals surface area contributed by atoms with Gasteiger partial charge in [-0.2, -0.15) is 0 Å². The zero-order valence-electron chi connectivity index (χ0n) is 7.88. The summed E-state index contributed by atoms with van der Waals surface area (Å²) < 4.78 is 0. The van der Waals surface area contributed by atoms with Gasteiger partial charge in [-0.3, -0.25) is 0 Å². The van der Waals surface area contributed by atoms with E-state index in [1.165, 1.54) is 36.4 Å². The number of hydrogen-bond donors (Lipinski definition) is 1. The minimum absolute atomic E-state index is 0.811. The van der Waals surface area contributed by atoms with Crippen molar-refractivity contribution in [3.05, 3.63) is 15.6 Å². The fourth-order valence-corrected chi connectivity index (χ4v) is 2.97. The van der Waals surface area contributed by atoms with Crippen LogP contribution in [0.2, 0.25) is 0 Å². The van der Waals surface area contributed by atoms with Crippen LogP contribution in [0, 0.1) is 0 Å². The minimum atomic E-state index is 0.811. The molecule has 0 bridgehead atoms. The van der Waals surface area contributed by atoms with E-state index in [-0.39, 0.29) is 0 Å². The quantitative estimate of drug-likeness (QED) is 0.747. The molecule has 0 spiro atoms. The van der Waals surface area contributed by atoms with Crippen molar-refractivity contribution in [3.8, 4) is 0 Å². The Kier molecular flexibility index (Phi) is 2.96.